The normalized spacial score (nSPS) is 14.6. The van der Waals surface area contributed by atoms with Crippen molar-refractivity contribution in [3.8, 4) is 0 Å². The second-order valence-corrected chi connectivity index (χ2v) is 11.0. The average molecular weight is 572 g/mol. The molecule has 0 saturated carbocycles. The summed E-state index contributed by atoms with van der Waals surface area (Å²) in [5.41, 5.74) is 8.17. The first-order valence-corrected chi connectivity index (χ1v) is 15.4. The number of carbonyl (C=O) groups is 2. The number of fused-ring (bicyclic) bond motifs is 1. The van der Waals surface area contributed by atoms with Crippen LogP contribution in [0.4, 0.5) is 5.69 Å². The van der Waals surface area contributed by atoms with E-state index in [0.717, 1.165) is 90.0 Å². The van der Waals surface area contributed by atoms with Crippen LogP contribution in [0.15, 0.2) is 65.5 Å². The monoisotopic (exact) mass is 571 g/mol. The van der Waals surface area contributed by atoms with Gasteiger partial charge in [0.1, 0.15) is 0 Å². The van der Waals surface area contributed by atoms with E-state index in [-0.39, 0.29) is 5.91 Å². The summed E-state index contributed by atoms with van der Waals surface area (Å²) in [6.45, 7) is 17.5. The van der Waals surface area contributed by atoms with E-state index in [2.05, 4.69) is 69.3 Å². The molecule has 42 heavy (non-hydrogen) atoms. The lowest BCUT2D eigenvalue weighted by Crippen LogP contribution is -2.35. The Labute approximate surface area is 252 Å². The number of hydrogen-bond acceptors (Lipinski definition) is 4. The minimum Gasteiger partial charge on any atom is -0.370 e. The molecule has 7 heteroatoms. The molecule has 1 saturated heterocycles. The van der Waals surface area contributed by atoms with Gasteiger partial charge in [0.05, 0.1) is 17.4 Å². The molecule has 2 aromatic heterocycles. The molecule has 1 fully saturated rings. The van der Waals surface area contributed by atoms with Gasteiger partial charge < -0.3 is 20.1 Å². The molecule has 0 radical (unpaired) electrons. The molecule has 3 heterocycles. The summed E-state index contributed by atoms with van der Waals surface area (Å²) < 4.78 is 2.35. The number of pyridine rings is 1. The molecular formula is C35H49N5O2. The fourth-order valence-corrected chi connectivity index (χ4v) is 5.72. The van der Waals surface area contributed by atoms with E-state index < -0.39 is 0 Å². The van der Waals surface area contributed by atoms with E-state index in [1.807, 2.05) is 53.0 Å². The van der Waals surface area contributed by atoms with Gasteiger partial charge in [0, 0.05) is 54.2 Å². The SMILES string of the molecule is CC.CCCC(/C=C(/C)NC=O)=C(/C)CNC(=O)c1c(C)n(CC2CCN(c3ccc(C)nc3)CC2)c2ccccc12. The highest BCUT2D eigenvalue weighted by Crippen LogP contribution is 2.30. The number of benzene rings is 1. The topological polar surface area (TPSA) is 79.3 Å². The molecule has 1 aliphatic heterocycles. The van der Waals surface area contributed by atoms with E-state index >= 15 is 0 Å². The number of piperidine rings is 1. The van der Waals surface area contributed by atoms with Crippen LogP contribution in [0.5, 0.6) is 0 Å². The third-order valence-electron chi connectivity index (χ3n) is 8.03. The Kier molecular flexibility index (Phi) is 12.4. The van der Waals surface area contributed by atoms with E-state index in [1.165, 1.54) is 5.69 Å². The first-order chi connectivity index (χ1) is 20.3. The van der Waals surface area contributed by atoms with E-state index in [9.17, 15) is 9.59 Å². The minimum atomic E-state index is -0.0453. The van der Waals surface area contributed by atoms with Crippen molar-refractivity contribution in [2.24, 2.45) is 5.92 Å². The standard InChI is InChI=1S/C33H43N5O2.C2H6/c1-6-9-28(18-25(4)36-22-39)23(2)19-35-33(40)32-26(5)38(31-11-8-7-10-30(31)32)21-27-14-16-37(17-15-27)29-13-12-24(3)34-20-29;1-2/h7-8,10-13,18,20,22,27H,6,9,14-17,19,21H2,1-5H3,(H,35,40)(H,36,39);1-2H3/b25-18-,28-23+;. The van der Waals surface area contributed by atoms with Crippen molar-refractivity contribution >= 4 is 28.9 Å². The van der Waals surface area contributed by atoms with Crippen molar-refractivity contribution in [1.82, 2.24) is 20.2 Å². The minimum absolute atomic E-state index is 0.0453. The molecular weight excluding hydrogens is 522 g/mol. The lowest BCUT2D eigenvalue weighted by atomic mass is 9.96. The number of anilines is 1. The van der Waals surface area contributed by atoms with Gasteiger partial charge in [-0.2, -0.15) is 0 Å². The maximum atomic E-state index is 13.6. The Bertz CT molecular complexity index is 1390. The summed E-state index contributed by atoms with van der Waals surface area (Å²) in [5, 5.41) is 6.89. The molecule has 0 unspecified atom stereocenters. The van der Waals surface area contributed by atoms with Gasteiger partial charge >= 0.3 is 0 Å². The number of carbonyl (C=O) groups excluding carboxylic acids is 2. The third-order valence-corrected chi connectivity index (χ3v) is 8.03. The van der Waals surface area contributed by atoms with Gasteiger partial charge in [0.25, 0.3) is 5.91 Å². The third kappa shape index (κ3) is 8.11. The number of aromatic nitrogens is 2. The molecule has 0 atom stereocenters. The molecule has 3 aromatic rings. The van der Waals surface area contributed by atoms with Crippen LogP contribution >= 0.6 is 0 Å². The molecule has 2 N–H and O–H groups in total. The lowest BCUT2D eigenvalue weighted by molar-refractivity contribution is -0.108. The van der Waals surface area contributed by atoms with Gasteiger partial charge in [-0.15, -0.1) is 0 Å². The van der Waals surface area contributed by atoms with Crippen LogP contribution in [0.3, 0.4) is 0 Å². The van der Waals surface area contributed by atoms with Gasteiger partial charge in [-0.05, 0) is 82.7 Å². The molecule has 0 spiro atoms. The molecule has 4 rings (SSSR count). The Balaban J connectivity index is 0.00000237. The van der Waals surface area contributed by atoms with E-state index in [4.69, 9.17) is 0 Å². The fourth-order valence-electron chi connectivity index (χ4n) is 5.72. The molecule has 1 aromatic carbocycles. The number of allylic oxidation sites excluding steroid dienone is 3. The lowest BCUT2D eigenvalue weighted by Gasteiger charge is -2.34. The van der Waals surface area contributed by atoms with Crippen molar-refractivity contribution in [3.05, 3.63) is 82.5 Å². The number of amides is 2. The number of hydrogen-bond donors (Lipinski definition) is 2. The second-order valence-electron chi connectivity index (χ2n) is 11.0. The Morgan fingerprint density at radius 2 is 1.79 bits per heavy atom. The fraction of sp³-hybridized carbons (Fsp3) is 0.457. The van der Waals surface area contributed by atoms with Crippen LogP contribution in [0.1, 0.15) is 82.0 Å². The summed E-state index contributed by atoms with van der Waals surface area (Å²) in [6.07, 6.45) is 8.75. The average Bonchev–Trinajstić information content (AvgIpc) is 3.28. The zero-order chi connectivity index (χ0) is 30.6. The number of para-hydroxylation sites is 1. The molecule has 2 amide bonds. The predicted molar refractivity (Wildman–Crippen MR) is 175 cm³/mol. The van der Waals surface area contributed by atoms with Crippen LogP contribution in [0, 0.1) is 19.8 Å². The van der Waals surface area contributed by atoms with E-state index in [0.29, 0.717) is 18.9 Å². The summed E-state index contributed by atoms with van der Waals surface area (Å²) in [4.78, 5) is 31.3. The number of aryl methyl sites for hydroxylation is 1. The van der Waals surface area contributed by atoms with Crippen molar-refractivity contribution in [2.45, 2.75) is 80.7 Å². The number of nitrogens with zero attached hydrogens (tertiary/aromatic N) is 3. The summed E-state index contributed by atoms with van der Waals surface area (Å²) in [5.74, 6) is 0.507. The first kappa shape index (κ1) is 32.6. The largest absolute Gasteiger partial charge is 0.370 e. The van der Waals surface area contributed by atoms with Crippen LogP contribution in [-0.2, 0) is 11.3 Å². The Hall–Kier alpha value is -3.87. The zero-order valence-corrected chi connectivity index (χ0v) is 26.6. The van der Waals surface area contributed by atoms with Crippen LogP contribution in [0.25, 0.3) is 10.9 Å². The maximum Gasteiger partial charge on any atom is 0.253 e. The maximum absolute atomic E-state index is 13.6. The van der Waals surface area contributed by atoms with Gasteiger partial charge in [-0.25, -0.2) is 0 Å². The molecule has 1 aliphatic rings. The first-order valence-electron chi connectivity index (χ1n) is 15.4. The predicted octanol–water partition coefficient (Wildman–Crippen LogP) is 7.09. The summed E-state index contributed by atoms with van der Waals surface area (Å²) >= 11 is 0. The quantitative estimate of drug-likeness (QED) is 0.190. The highest BCUT2D eigenvalue weighted by atomic mass is 16.1. The van der Waals surface area contributed by atoms with Crippen molar-refractivity contribution in [2.75, 3.05) is 24.5 Å². The van der Waals surface area contributed by atoms with E-state index in [1.54, 1.807) is 0 Å². The Morgan fingerprint density at radius 1 is 1.07 bits per heavy atom. The summed E-state index contributed by atoms with van der Waals surface area (Å²) in [6, 6.07) is 12.5. The number of rotatable bonds is 11. The molecule has 0 aliphatic carbocycles. The molecule has 226 valence electrons. The van der Waals surface area contributed by atoms with Crippen LogP contribution in [0.2, 0.25) is 0 Å². The smallest absolute Gasteiger partial charge is 0.253 e. The van der Waals surface area contributed by atoms with Crippen molar-refractivity contribution in [1.29, 1.82) is 0 Å². The Morgan fingerprint density at radius 3 is 2.43 bits per heavy atom. The van der Waals surface area contributed by atoms with Gasteiger partial charge in [-0.1, -0.05) is 51.0 Å². The molecule has 7 nitrogen and oxygen atoms in total. The zero-order valence-electron chi connectivity index (χ0n) is 26.6. The van der Waals surface area contributed by atoms with Crippen molar-refractivity contribution < 1.29 is 9.59 Å². The highest BCUT2D eigenvalue weighted by molar-refractivity contribution is 6.08. The van der Waals surface area contributed by atoms with Crippen molar-refractivity contribution in [3.63, 3.8) is 0 Å². The van der Waals surface area contributed by atoms with Gasteiger partial charge in [0.15, 0.2) is 0 Å². The van der Waals surface area contributed by atoms with Crippen LogP contribution < -0.4 is 15.5 Å². The summed E-state index contributed by atoms with van der Waals surface area (Å²) in [7, 11) is 0. The van der Waals surface area contributed by atoms with Gasteiger partial charge in [0.2, 0.25) is 6.41 Å². The second kappa shape index (κ2) is 15.9. The molecule has 0 bridgehead atoms. The van der Waals surface area contributed by atoms with Crippen LogP contribution in [-0.4, -0.2) is 41.5 Å². The van der Waals surface area contributed by atoms with Gasteiger partial charge in [-0.3, -0.25) is 14.6 Å². The number of nitrogens with one attached hydrogen (secondary N) is 2. The highest BCUT2D eigenvalue weighted by Gasteiger charge is 2.24.